The number of aryl methyl sites for hydroxylation is 2. The van der Waals surface area contributed by atoms with Gasteiger partial charge in [-0.2, -0.15) is 0 Å². The van der Waals surface area contributed by atoms with Crippen molar-refractivity contribution >= 4 is 0 Å². The normalized spacial score (nSPS) is 11.8. The van der Waals surface area contributed by atoms with E-state index in [2.05, 4.69) is 39.6 Å². The highest BCUT2D eigenvalue weighted by Gasteiger charge is 2.19. The van der Waals surface area contributed by atoms with Crippen molar-refractivity contribution in [3.8, 4) is 0 Å². The molecule has 0 aromatic carbocycles. The van der Waals surface area contributed by atoms with E-state index in [9.17, 15) is 0 Å². The Kier molecular flexibility index (Phi) is 2.74. The molecular weight excluding hydrogens is 158 g/mol. The van der Waals surface area contributed by atoms with Crippen molar-refractivity contribution in [3.05, 3.63) is 29.1 Å². The molecule has 1 heterocycles. The van der Waals surface area contributed by atoms with Crippen LogP contribution in [0.2, 0.25) is 0 Å². The maximum atomic E-state index is 4.23. The third-order valence-corrected chi connectivity index (χ3v) is 2.34. The first-order valence-corrected chi connectivity index (χ1v) is 4.90. The molecule has 13 heavy (non-hydrogen) atoms. The van der Waals surface area contributed by atoms with Crippen molar-refractivity contribution < 1.29 is 0 Å². The molecule has 0 saturated heterocycles. The van der Waals surface area contributed by atoms with Gasteiger partial charge in [0.15, 0.2) is 0 Å². The first kappa shape index (κ1) is 10.2. The van der Waals surface area contributed by atoms with Crippen LogP contribution in [0.25, 0.3) is 0 Å². The lowest BCUT2D eigenvalue weighted by molar-refractivity contribution is 0.577. The molecule has 0 amide bonds. The predicted molar refractivity (Wildman–Crippen MR) is 57.1 cm³/mol. The fourth-order valence-electron chi connectivity index (χ4n) is 1.96. The number of hydrogen-bond donors (Lipinski definition) is 0. The van der Waals surface area contributed by atoms with Gasteiger partial charge in [0.2, 0.25) is 0 Å². The molecule has 0 unspecified atom stereocenters. The minimum atomic E-state index is 0.234. The fraction of sp³-hybridized carbons (Fsp3) is 0.583. The van der Waals surface area contributed by atoms with E-state index in [-0.39, 0.29) is 5.41 Å². The van der Waals surface area contributed by atoms with Gasteiger partial charge in [-0.3, -0.25) is 4.98 Å². The van der Waals surface area contributed by atoms with E-state index >= 15 is 0 Å². The van der Waals surface area contributed by atoms with Gasteiger partial charge in [-0.15, -0.1) is 0 Å². The minimum Gasteiger partial charge on any atom is -0.264 e. The van der Waals surface area contributed by atoms with E-state index in [0.29, 0.717) is 0 Å². The van der Waals surface area contributed by atoms with Crippen LogP contribution in [0.1, 0.15) is 44.4 Å². The summed E-state index contributed by atoms with van der Waals surface area (Å²) in [6.45, 7) is 11.1. The lowest BCUT2D eigenvalue weighted by atomic mass is 9.81. The summed E-state index contributed by atoms with van der Waals surface area (Å²) in [7, 11) is 0. The summed E-state index contributed by atoms with van der Waals surface area (Å²) >= 11 is 0. The largest absolute Gasteiger partial charge is 0.264 e. The van der Waals surface area contributed by atoms with Crippen LogP contribution >= 0.6 is 0 Å². The molecule has 0 aliphatic heterocycles. The van der Waals surface area contributed by atoms with E-state index in [0.717, 1.165) is 6.42 Å². The highest BCUT2D eigenvalue weighted by molar-refractivity contribution is 5.36. The third kappa shape index (κ3) is 2.09. The molecule has 1 nitrogen and oxygen atoms in total. The Morgan fingerprint density at radius 1 is 1.23 bits per heavy atom. The first-order valence-electron chi connectivity index (χ1n) is 4.90. The van der Waals surface area contributed by atoms with Gasteiger partial charge in [-0.05, 0) is 35.4 Å². The lowest BCUT2D eigenvalue weighted by Gasteiger charge is -2.24. The molecule has 0 spiro atoms. The molecule has 1 heteroatoms. The quantitative estimate of drug-likeness (QED) is 0.641. The van der Waals surface area contributed by atoms with E-state index in [4.69, 9.17) is 0 Å². The fourth-order valence-corrected chi connectivity index (χ4v) is 1.96. The number of rotatable bonds is 1. The highest BCUT2D eigenvalue weighted by Crippen LogP contribution is 2.28. The van der Waals surface area contributed by atoms with Crippen molar-refractivity contribution in [1.82, 2.24) is 4.98 Å². The molecule has 0 radical (unpaired) electrons. The summed E-state index contributed by atoms with van der Waals surface area (Å²) in [6, 6.07) is 0. The van der Waals surface area contributed by atoms with Crippen LogP contribution in [-0.4, -0.2) is 4.98 Å². The van der Waals surface area contributed by atoms with Crippen LogP contribution < -0.4 is 0 Å². The average molecular weight is 177 g/mol. The van der Waals surface area contributed by atoms with Gasteiger partial charge < -0.3 is 0 Å². The Bertz CT molecular complexity index is 294. The second-order valence-electron chi connectivity index (χ2n) is 4.59. The highest BCUT2D eigenvalue weighted by atomic mass is 14.6. The number of nitrogens with zero attached hydrogens (tertiary/aromatic N) is 1. The Hall–Kier alpha value is -0.850. The average Bonchev–Trinajstić information content (AvgIpc) is 2.01. The van der Waals surface area contributed by atoms with Crippen molar-refractivity contribution in [3.63, 3.8) is 0 Å². The van der Waals surface area contributed by atoms with Gasteiger partial charge in [0.25, 0.3) is 0 Å². The number of pyridine rings is 1. The monoisotopic (exact) mass is 177 g/mol. The van der Waals surface area contributed by atoms with Crippen LogP contribution in [0.3, 0.4) is 0 Å². The number of hydrogen-bond acceptors (Lipinski definition) is 1. The Balaban J connectivity index is 3.32. The summed E-state index contributed by atoms with van der Waals surface area (Å²) in [5, 5.41) is 0. The zero-order chi connectivity index (χ0) is 10.1. The second kappa shape index (κ2) is 3.49. The summed E-state index contributed by atoms with van der Waals surface area (Å²) in [5.74, 6) is 0. The van der Waals surface area contributed by atoms with Crippen LogP contribution in [0, 0.1) is 6.92 Å². The van der Waals surface area contributed by atoms with E-state index < -0.39 is 0 Å². The van der Waals surface area contributed by atoms with Crippen LogP contribution in [-0.2, 0) is 11.8 Å². The second-order valence-corrected chi connectivity index (χ2v) is 4.59. The zero-order valence-electron chi connectivity index (χ0n) is 9.31. The van der Waals surface area contributed by atoms with Crippen molar-refractivity contribution in [2.45, 2.75) is 46.5 Å². The molecule has 1 aromatic heterocycles. The first-order chi connectivity index (χ1) is 5.96. The SMILES string of the molecule is CCc1cncc(C)c1C(C)(C)C. The smallest absolute Gasteiger partial charge is 0.0302 e. The van der Waals surface area contributed by atoms with Crippen molar-refractivity contribution in [2.24, 2.45) is 0 Å². The van der Waals surface area contributed by atoms with Crippen LogP contribution in [0.15, 0.2) is 12.4 Å². The zero-order valence-corrected chi connectivity index (χ0v) is 9.31. The summed E-state index contributed by atoms with van der Waals surface area (Å²) in [5.41, 5.74) is 4.39. The van der Waals surface area contributed by atoms with Crippen LogP contribution in [0.5, 0.6) is 0 Å². The van der Waals surface area contributed by atoms with Gasteiger partial charge >= 0.3 is 0 Å². The molecule has 0 fully saturated rings. The summed E-state index contributed by atoms with van der Waals surface area (Å²) < 4.78 is 0. The molecule has 1 rings (SSSR count). The molecule has 0 N–H and O–H groups in total. The Labute approximate surface area is 81.2 Å². The maximum Gasteiger partial charge on any atom is 0.0302 e. The third-order valence-electron chi connectivity index (χ3n) is 2.34. The predicted octanol–water partition coefficient (Wildman–Crippen LogP) is 3.25. The lowest BCUT2D eigenvalue weighted by Crippen LogP contribution is -2.16. The number of aromatic nitrogens is 1. The molecule has 0 atom stereocenters. The van der Waals surface area contributed by atoms with Gasteiger partial charge in [-0.1, -0.05) is 27.7 Å². The van der Waals surface area contributed by atoms with Gasteiger partial charge in [0, 0.05) is 12.4 Å². The van der Waals surface area contributed by atoms with Crippen molar-refractivity contribution in [2.75, 3.05) is 0 Å². The van der Waals surface area contributed by atoms with E-state index in [1.807, 2.05) is 12.4 Å². The van der Waals surface area contributed by atoms with Gasteiger partial charge in [0.05, 0.1) is 0 Å². The Morgan fingerprint density at radius 3 is 2.23 bits per heavy atom. The Morgan fingerprint density at radius 2 is 1.85 bits per heavy atom. The maximum absolute atomic E-state index is 4.23. The summed E-state index contributed by atoms with van der Waals surface area (Å²) in [6.07, 6.45) is 5.02. The van der Waals surface area contributed by atoms with E-state index in [1.165, 1.54) is 16.7 Å². The molecule has 0 bridgehead atoms. The molecule has 1 aromatic rings. The standard InChI is InChI=1S/C12H19N/c1-6-10-8-13-7-9(2)11(10)12(3,4)5/h7-8H,6H2,1-5H3. The molecular formula is C12H19N. The van der Waals surface area contributed by atoms with Gasteiger partial charge in [-0.25, -0.2) is 0 Å². The minimum absolute atomic E-state index is 0.234. The van der Waals surface area contributed by atoms with Gasteiger partial charge in [0.1, 0.15) is 0 Å². The molecule has 0 saturated carbocycles. The molecule has 72 valence electrons. The summed E-state index contributed by atoms with van der Waals surface area (Å²) in [4.78, 5) is 4.23. The van der Waals surface area contributed by atoms with Crippen LogP contribution in [0.4, 0.5) is 0 Å². The van der Waals surface area contributed by atoms with Crippen molar-refractivity contribution in [1.29, 1.82) is 0 Å². The molecule has 0 aliphatic rings. The van der Waals surface area contributed by atoms with E-state index in [1.54, 1.807) is 0 Å². The molecule has 0 aliphatic carbocycles. The topological polar surface area (TPSA) is 12.9 Å².